The first-order valence-electron chi connectivity index (χ1n) is 5.22. The number of hydrogen-bond acceptors (Lipinski definition) is 3. The summed E-state index contributed by atoms with van der Waals surface area (Å²) in [6, 6.07) is 3.79. The molecule has 1 aromatic heterocycles. The molecule has 16 heavy (non-hydrogen) atoms. The maximum absolute atomic E-state index is 11.9. The second-order valence-corrected chi connectivity index (χ2v) is 4.92. The quantitative estimate of drug-likeness (QED) is 0.860. The Bertz CT molecular complexity index is 414. The van der Waals surface area contributed by atoms with Gasteiger partial charge in [-0.05, 0) is 34.5 Å². The number of halogens is 1. The molecule has 0 radical (unpaired) electrons. The molecule has 0 aliphatic heterocycles. The summed E-state index contributed by atoms with van der Waals surface area (Å²) in [4.78, 5) is 16.1. The lowest BCUT2D eigenvalue weighted by atomic mass is 9.99. The van der Waals surface area contributed by atoms with Crippen molar-refractivity contribution in [3.05, 3.63) is 40.6 Å². The Labute approximate surface area is 103 Å². The van der Waals surface area contributed by atoms with Crippen LogP contribution in [0, 0.1) is 5.92 Å². The van der Waals surface area contributed by atoms with Crippen molar-refractivity contribution in [1.82, 2.24) is 4.98 Å². The van der Waals surface area contributed by atoms with Gasteiger partial charge in [-0.1, -0.05) is 12.2 Å². The van der Waals surface area contributed by atoms with E-state index in [1.165, 1.54) is 0 Å². The average molecular weight is 281 g/mol. The number of pyridine rings is 1. The number of carbonyl (C=O) groups excluding carboxylic acids is 1. The molecular weight excluding hydrogens is 268 g/mol. The van der Waals surface area contributed by atoms with Crippen molar-refractivity contribution in [2.45, 2.75) is 18.9 Å². The lowest BCUT2D eigenvalue weighted by molar-refractivity contribution is -0.120. The van der Waals surface area contributed by atoms with Gasteiger partial charge in [0.15, 0.2) is 0 Å². The van der Waals surface area contributed by atoms with Crippen molar-refractivity contribution >= 4 is 21.7 Å². The normalized spacial score (nSPS) is 23.6. The second kappa shape index (κ2) is 4.89. The number of Topliss-reactive ketones (excluding diaryl/α,β-unsaturated/α-hetero) is 1. The first-order valence-corrected chi connectivity index (χ1v) is 6.01. The summed E-state index contributed by atoms with van der Waals surface area (Å²) in [5, 5.41) is 0. The molecule has 1 heterocycles. The molecule has 4 heteroatoms. The molecule has 0 fully saturated rings. The molecule has 3 nitrogen and oxygen atoms in total. The molecule has 0 amide bonds. The largest absolute Gasteiger partial charge is 0.324 e. The third-order valence-electron chi connectivity index (χ3n) is 2.67. The Morgan fingerprint density at radius 3 is 2.88 bits per heavy atom. The fraction of sp³-hybridized carbons (Fsp3) is 0.333. The predicted molar refractivity (Wildman–Crippen MR) is 65.9 cm³/mol. The minimum Gasteiger partial charge on any atom is -0.324 e. The van der Waals surface area contributed by atoms with Crippen LogP contribution >= 0.6 is 15.9 Å². The summed E-state index contributed by atoms with van der Waals surface area (Å²) in [5.74, 6) is 0.166. The first-order chi connectivity index (χ1) is 7.65. The first kappa shape index (κ1) is 11.5. The number of nitrogens with two attached hydrogens (primary N) is 1. The van der Waals surface area contributed by atoms with Crippen molar-refractivity contribution in [3.63, 3.8) is 0 Å². The van der Waals surface area contributed by atoms with E-state index in [0.29, 0.717) is 6.42 Å². The van der Waals surface area contributed by atoms with Crippen LogP contribution in [0.5, 0.6) is 0 Å². The number of aromatic nitrogens is 1. The van der Waals surface area contributed by atoms with E-state index in [0.717, 1.165) is 16.6 Å². The van der Waals surface area contributed by atoms with Gasteiger partial charge in [0, 0.05) is 34.7 Å². The third-order valence-corrected chi connectivity index (χ3v) is 3.14. The van der Waals surface area contributed by atoms with Crippen molar-refractivity contribution in [2.24, 2.45) is 11.7 Å². The highest BCUT2D eigenvalue weighted by atomic mass is 79.9. The van der Waals surface area contributed by atoms with Gasteiger partial charge in [-0.3, -0.25) is 9.78 Å². The van der Waals surface area contributed by atoms with Crippen LogP contribution in [0.25, 0.3) is 0 Å². The van der Waals surface area contributed by atoms with Gasteiger partial charge in [0.25, 0.3) is 0 Å². The Kier molecular flexibility index (Phi) is 3.51. The second-order valence-electron chi connectivity index (χ2n) is 4.00. The van der Waals surface area contributed by atoms with Gasteiger partial charge in [-0.15, -0.1) is 0 Å². The molecule has 1 aromatic rings. The smallest absolute Gasteiger partial charge is 0.145 e. The summed E-state index contributed by atoms with van der Waals surface area (Å²) in [7, 11) is 0. The monoisotopic (exact) mass is 280 g/mol. The van der Waals surface area contributed by atoms with Gasteiger partial charge >= 0.3 is 0 Å². The van der Waals surface area contributed by atoms with E-state index in [9.17, 15) is 4.79 Å². The van der Waals surface area contributed by atoms with Crippen LogP contribution in [-0.4, -0.2) is 16.8 Å². The number of carbonyl (C=O) groups is 1. The SMILES string of the molecule is NC1C=CC(C(=O)Cc2ccc(Br)cn2)C1. The summed E-state index contributed by atoms with van der Waals surface area (Å²) in [6.07, 6.45) is 6.63. The predicted octanol–water partition coefficient (Wildman–Crippen LogP) is 1.86. The number of rotatable bonds is 3. The molecule has 84 valence electrons. The van der Waals surface area contributed by atoms with E-state index >= 15 is 0 Å². The molecule has 1 aliphatic rings. The standard InChI is InChI=1S/C12H13BrN2O/c13-9-2-4-11(15-7-9)6-12(16)8-1-3-10(14)5-8/h1-4,7-8,10H,5-6,14H2. The Morgan fingerprint density at radius 2 is 2.31 bits per heavy atom. The molecule has 0 saturated heterocycles. The molecule has 2 unspecified atom stereocenters. The summed E-state index contributed by atoms with van der Waals surface area (Å²) in [6.45, 7) is 0. The Balaban J connectivity index is 1.97. The summed E-state index contributed by atoms with van der Waals surface area (Å²) < 4.78 is 0.923. The van der Waals surface area contributed by atoms with Crippen molar-refractivity contribution in [2.75, 3.05) is 0 Å². The van der Waals surface area contributed by atoms with Crippen LogP contribution in [0.1, 0.15) is 12.1 Å². The van der Waals surface area contributed by atoms with Crippen LogP contribution in [0.3, 0.4) is 0 Å². The van der Waals surface area contributed by atoms with E-state index in [1.807, 2.05) is 24.3 Å². The van der Waals surface area contributed by atoms with Crippen LogP contribution in [-0.2, 0) is 11.2 Å². The highest BCUT2D eigenvalue weighted by Crippen LogP contribution is 2.19. The zero-order chi connectivity index (χ0) is 11.5. The van der Waals surface area contributed by atoms with Gasteiger partial charge in [-0.2, -0.15) is 0 Å². The highest BCUT2D eigenvalue weighted by Gasteiger charge is 2.22. The number of ketones is 1. The fourth-order valence-corrected chi connectivity index (χ4v) is 2.02. The van der Waals surface area contributed by atoms with Gasteiger partial charge in [0.2, 0.25) is 0 Å². The molecule has 0 saturated carbocycles. The third kappa shape index (κ3) is 2.77. The van der Waals surface area contributed by atoms with E-state index in [1.54, 1.807) is 6.20 Å². The Morgan fingerprint density at radius 1 is 1.50 bits per heavy atom. The fourth-order valence-electron chi connectivity index (χ4n) is 1.79. The van der Waals surface area contributed by atoms with Gasteiger partial charge in [0.1, 0.15) is 5.78 Å². The minimum atomic E-state index is -0.0274. The summed E-state index contributed by atoms with van der Waals surface area (Å²) >= 11 is 3.31. The Hall–Kier alpha value is -1.00. The minimum absolute atomic E-state index is 0.0274. The lowest BCUT2D eigenvalue weighted by Crippen LogP contribution is -2.20. The summed E-state index contributed by atoms with van der Waals surface area (Å²) in [5.41, 5.74) is 6.52. The van der Waals surface area contributed by atoms with Crippen LogP contribution in [0.4, 0.5) is 0 Å². The lowest BCUT2D eigenvalue weighted by Gasteiger charge is -2.07. The van der Waals surface area contributed by atoms with Gasteiger partial charge in [0.05, 0.1) is 0 Å². The van der Waals surface area contributed by atoms with E-state index < -0.39 is 0 Å². The van der Waals surface area contributed by atoms with Crippen LogP contribution in [0.2, 0.25) is 0 Å². The highest BCUT2D eigenvalue weighted by molar-refractivity contribution is 9.10. The zero-order valence-electron chi connectivity index (χ0n) is 8.77. The number of hydrogen-bond donors (Lipinski definition) is 1. The van der Waals surface area contributed by atoms with Crippen molar-refractivity contribution in [3.8, 4) is 0 Å². The van der Waals surface area contributed by atoms with Crippen LogP contribution < -0.4 is 5.73 Å². The zero-order valence-corrected chi connectivity index (χ0v) is 10.4. The molecule has 0 aromatic carbocycles. The molecular formula is C12H13BrN2O. The maximum atomic E-state index is 11.9. The van der Waals surface area contributed by atoms with Gasteiger partial charge in [-0.25, -0.2) is 0 Å². The number of nitrogens with zero attached hydrogens (tertiary/aromatic N) is 1. The van der Waals surface area contributed by atoms with E-state index in [-0.39, 0.29) is 17.7 Å². The molecule has 2 rings (SSSR count). The van der Waals surface area contributed by atoms with Crippen molar-refractivity contribution < 1.29 is 4.79 Å². The molecule has 0 bridgehead atoms. The van der Waals surface area contributed by atoms with E-state index in [4.69, 9.17) is 5.73 Å². The maximum Gasteiger partial charge on any atom is 0.145 e. The van der Waals surface area contributed by atoms with Gasteiger partial charge < -0.3 is 5.73 Å². The number of allylic oxidation sites excluding steroid dienone is 1. The molecule has 1 aliphatic carbocycles. The topological polar surface area (TPSA) is 56.0 Å². The average Bonchev–Trinajstić information content (AvgIpc) is 2.68. The van der Waals surface area contributed by atoms with Crippen LogP contribution in [0.15, 0.2) is 35.0 Å². The molecule has 2 atom stereocenters. The molecule has 2 N–H and O–H groups in total. The van der Waals surface area contributed by atoms with Crippen molar-refractivity contribution in [1.29, 1.82) is 0 Å². The van der Waals surface area contributed by atoms with E-state index in [2.05, 4.69) is 20.9 Å². The molecule has 0 spiro atoms.